The van der Waals surface area contributed by atoms with Crippen molar-refractivity contribution in [1.82, 2.24) is 35.0 Å². The lowest BCUT2D eigenvalue weighted by atomic mass is 9.85. The van der Waals surface area contributed by atoms with Gasteiger partial charge in [-0.1, -0.05) is 73.8 Å². The van der Waals surface area contributed by atoms with Crippen molar-refractivity contribution < 1.29 is 4.74 Å². The molecule has 0 aliphatic rings. The van der Waals surface area contributed by atoms with Crippen molar-refractivity contribution in [1.29, 1.82) is 0 Å². The topological polar surface area (TPSA) is 95.6 Å². The predicted octanol–water partition coefficient (Wildman–Crippen LogP) is 6.95. The molecule has 0 unspecified atom stereocenters. The number of aryl methyl sites for hydroxylation is 1. The van der Waals surface area contributed by atoms with Crippen LogP contribution < -0.4 is 10.1 Å². The first-order valence-corrected chi connectivity index (χ1v) is 13.6. The van der Waals surface area contributed by atoms with E-state index in [1.165, 1.54) is 6.33 Å². The molecule has 0 radical (unpaired) electrons. The SMILES string of the molecule is Cc1ccc(N[C@H](c2cccc(Cl)c2)c2nnnn2[C@H]([C@@H](Oc2ccc(Cl)cc2)n2cncn2)C(C)(C)C)cc1. The number of rotatable bonds is 9. The van der Waals surface area contributed by atoms with Gasteiger partial charge in [-0.05, 0) is 76.9 Å². The molecule has 40 heavy (non-hydrogen) atoms. The first-order chi connectivity index (χ1) is 19.2. The van der Waals surface area contributed by atoms with Crippen molar-refractivity contribution in [2.24, 2.45) is 5.41 Å². The summed E-state index contributed by atoms with van der Waals surface area (Å²) in [5.41, 5.74) is 2.60. The smallest absolute Gasteiger partial charge is 0.215 e. The fourth-order valence-corrected chi connectivity index (χ4v) is 4.89. The third-order valence-corrected chi connectivity index (χ3v) is 7.00. The number of nitrogens with one attached hydrogen (secondary N) is 1. The highest BCUT2D eigenvalue weighted by molar-refractivity contribution is 6.30. The second-order valence-electron chi connectivity index (χ2n) is 10.6. The van der Waals surface area contributed by atoms with E-state index in [2.05, 4.69) is 70.8 Å². The van der Waals surface area contributed by atoms with Gasteiger partial charge in [0.05, 0.1) is 0 Å². The van der Waals surface area contributed by atoms with Crippen LogP contribution in [0.3, 0.4) is 0 Å². The van der Waals surface area contributed by atoms with Crippen LogP contribution >= 0.6 is 23.2 Å². The summed E-state index contributed by atoms with van der Waals surface area (Å²) in [5, 5.41) is 22.5. The number of halogens is 2. The molecule has 0 spiro atoms. The van der Waals surface area contributed by atoms with Crippen LogP contribution in [0.1, 0.15) is 56.0 Å². The molecule has 0 saturated heterocycles. The summed E-state index contributed by atoms with van der Waals surface area (Å²) in [5.74, 6) is 1.21. The molecule has 9 nitrogen and oxygen atoms in total. The quantitative estimate of drug-likeness (QED) is 0.203. The molecule has 0 bridgehead atoms. The second kappa shape index (κ2) is 11.7. The van der Waals surface area contributed by atoms with Crippen molar-refractivity contribution in [2.75, 3.05) is 5.32 Å². The van der Waals surface area contributed by atoms with Crippen LogP contribution in [0.15, 0.2) is 85.5 Å². The molecule has 1 N–H and O–H groups in total. The minimum atomic E-state index is -0.648. The molecule has 0 aliphatic heterocycles. The van der Waals surface area contributed by atoms with Crippen molar-refractivity contribution >= 4 is 28.9 Å². The first-order valence-electron chi connectivity index (χ1n) is 12.8. The van der Waals surface area contributed by atoms with E-state index < -0.39 is 23.7 Å². The molecule has 5 aromatic rings. The van der Waals surface area contributed by atoms with Crippen LogP contribution in [0.25, 0.3) is 0 Å². The van der Waals surface area contributed by atoms with E-state index in [0.29, 0.717) is 21.6 Å². The Balaban J connectivity index is 1.63. The van der Waals surface area contributed by atoms with Gasteiger partial charge in [0, 0.05) is 15.7 Å². The molecular formula is C29H30Cl2N8O. The lowest BCUT2D eigenvalue weighted by Gasteiger charge is -2.37. The molecule has 0 saturated carbocycles. The minimum absolute atomic E-state index is 0.393. The number of benzene rings is 3. The lowest BCUT2D eigenvalue weighted by Crippen LogP contribution is -2.38. The molecule has 0 aliphatic carbocycles. The molecule has 206 valence electrons. The zero-order chi connectivity index (χ0) is 28.3. The monoisotopic (exact) mass is 576 g/mol. The van der Waals surface area contributed by atoms with Gasteiger partial charge in [0.2, 0.25) is 6.23 Å². The van der Waals surface area contributed by atoms with Crippen molar-refractivity contribution in [3.63, 3.8) is 0 Å². The normalized spacial score (nSPS) is 13.9. The van der Waals surface area contributed by atoms with E-state index in [4.69, 9.17) is 27.9 Å². The summed E-state index contributed by atoms with van der Waals surface area (Å²) >= 11 is 12.6. The summed E-state index contributed by atoms with van der Waals surface area (Å²) < 4.78 is 10.1. The maximum Gasteiger partial charge on any atom is 0.215 e. The Morgan fingerprint density at radius 1 is 0.925 bits per heavy atom. The van der Waals surface area contributed by atoms with E-state index in [9.17, 15) is 0 Å². The lowest BCUT2D eigenvalue weighted by molar-refractivity contribution is -0.000433. The Morgan fingerprint density at radius 2 is 1.68 bits per heavy atom. The highest BCUT2D eigenvalue weighted by Gasteiger charge is 2.41. The molecule has 5 rings (SSSR count). The minimum Gasteiger partial charge on any atom is -0.466 e. The third-order valence-electron chi connectivity index (χ3n) is 6.51. The van der Waals surface area contributed by atoms with Gasteiger partial charge in [0.1, 0.15) is 30.5 Å². The number of aromatic nitrogens is 7. The Bertz CT molecular complexity index is 1530. The number of hydrogen-bond donors (Lipinski definition) is 1. The number of tetrazole rings is 1. The fourth-order valence-electron chi connectivity index (χ4n) is 4.57. The number of anilines is 1. The first kappa shape index (κ1) is 27.6. The molecule has 3 atom stereocenters. The average molecular weight is 578 g/mol. The molecule has 3 aromatic carbocycles. The van der Waals surface area contributed by atoms with Gasteiger partial charge in [-0.2, -0.15) is 5.10 Å². The summed E-state index contributed by atoms with van der Waals surface area (Å²) in [6.45, 7) is 8.39. The Kier molecular flexibility index (Phi) is 8.04. The number of nitrogens with zero attached hydrogens (tertiary/aromatic N) is 7. The van der Waals surface area contributed by atoms with Crippen molar-refractivity contribution in [3.05, 3.63) is 112 Å². The highest BCUT2D eigenvalue weighted by Crippen LogP contribution is 2.42. The summed E-state index contributed by atoms with van der Waals surface area (Å²) in [6.07, 6.45) is 2.46. The van der Waals surface area contributed by atoms with Gasteiger partial charge in [-0.3, -0.25) is 0 Å². The van der Waals surface area contributed by atoms with Crippen LogP contribution in [0.5, 0.6) is 5.75 Å². The molecule has 0 amide bonds. The Hall–Kier alpha value is -3.95. The van der Waals surface area contributed by atoms with Crippen LogP contribution in [0.4, 0.5) is 5.69 Å². The van der Waals surface area contributed by atoms with Crippen molar-refractivity contribution in [2.45, 2.75) is 46.0 Å². The van der Waals surface area contributed by atoms with Crippen molar-refractivity contribution in [3.8, 4) is 5.75 Å². The molecule has 0 fully saturated rings. The summed E-state index contributed by atoms with van der Waals surface area (Å²) in [6, 6.07) is 22.2. The van der Waals surface area contributed by atoms with Crippen LogP contribution in [0, 0.1) is 12.3 Å². The van der Waals surface area contributed by atoms with Gasteiger partial charge in [-0.15, -0.1) is 5.10 Å². The largest absolute Gasteiger partial charge is 0.466 e. The Labute approximate surface area is 243 Å². The predicted molar refractivity (Wildman–Crippen MR) is 156 cm³/mol. The van der Waals surface area contributed by atoms with Gasteiger partial charge in [0.25, 0.3) is 0 Å². The van der Waals surface area contributed by atoms with E-state index in [-0.39, 0.29) is 0 Å². The maximum atomic E-state index is 6.56. The van der Waals surface area contributed by atoms with E-state index in [1.807, 2.05) is 53.2 Å². The van der Waals surface area contributed by atoms with E-state index in [0.717, 1.165) is 16.8 Å². The summed E-state index contributed by atoms with van der Waals surface area (Å²) in [7, 11) is 0. The van der Waals surface area contributed by atoms with Gasteiger partial charge < -0.3 is 10.1 Å². The van der Waals surface area contributed by atoms with E-state index in [1.54, 1.807) is 23.1 Å². The van der Waals surface area contributed by atoms with Crippen LogP contribution in [-0.2, 0) is 0 Å². The summed E-state index contributed by atoms with van der Waals surface area (Å²) in [4.78, 5) is 4.19. The van der Waals surface area contributed by atoms with Gasteiger partial charge in [0.15, 0.2) is 5.82 Å². The number of hydrogen-bond acceptors (Lipinski definition) is 7. The molecule has 2 heterocycles. The zero-order valence-corrected chi connectivity index (χ0v) is 24.1. The number of ether oxygens (including phenoxy) is 1. The van der Waals surface area contributed by atoms with Gasteiger partial charge in [-0.25, -0.2) is 14.3 Å². The van der Waals surface area contributed by atoms with Crippen LogP contribution in [-0.4, -0.2) is 35.0 Å². The van der Waals surface area contributed by atoms with E-state index >= 15 is 0 Å². The fraction of sp³-hybridized carbons (Fsp3) is 0.276. The Morgan fingerprint density at radius 3 is 2.33 bits per heavy atom. The maximum absolute atomic E-state index is 6.56. The molecule has 2 aromatic heterocycles. The zero-order valence-electron chi connectivity index (χ0n) is 22.6. The van der Waals surface area contributed by atoms with Crippen LogP contribution in [0.2, 0.25) is 10.0 Å². The third kappa shape index (κ3) is 6.26. The highest BCUT2D eigenvalue weighted by atomic mass is 35.5. The second-order valence-corrected chi connectivity index (χ2v) is 11.5. The molecular weight excluding hydrogens is 547 g/mol. The molecule has 11 heteroatoms. The van der Waals surface area contributed by atoms with Gasteiger partial charge >= 0.3 is 0 Å². The standard InChI is InChI=1S/C29H30Cl2N8O/c1-19-8-12-23(13-9-19)34-25(20-6-5-7-22(31)16-20)27-35-36-37-39(27)26(29(2,3)4)28(38-18-32-17-33-38)40-24-14-10-21(30)11-15-24/h5-18,25-26,28,34H,1-4H3/t25-,26-,28-/m1/s1. The average Bonchev–Trinajstić information content (AvgIpc) is 3.61.